The number of fused-ring (bicyclic) bond motifs is 1. The standard InChI is InChI=1S/C11H8N6O/c12-10(18)7-1-3-8(4-2-7)17-11-9(5-15-16-17)13-6-14-11/h1-6H,(H2,12,18). The molecular weight excluding hydrogens is 232 g/mol. The molecular formula is C11H8N6O. The summed E-state index contributed by atoms with van der Waals surface area (Å²) in [5, 5.41) is 7.81. The fourth-order valence-corrected chi connectivity index (χ4v) is 1.64. The Morgan fingerprint density at radius 1 is 1.17 bits per heavy atom. The van der Waals surface area contributed by atoms with E-state index in [0.717, 1.165) is 5.69 Å². The molecule has 18 heavy (non-hydrogen) atoms. The highest BCUT2D eigenvalue weighted by molar-refractivity contribution is 5.92. The summed E-state index contributed by atoms with van der Waals surface area (Å²) in [5.74, 6) is 0.140. The molecule has 1 aromatic carbocycles. The van der Waals surface area contributed by atoms with E-state index in [1.54, 1.807) is 28.9 Å². The SMILES string of the molecule is NC(=O)c1ccc(-n2nncc3ncnc2-3)cc1. The smallest absolute Gasteiger partial charge is 0.248 e. The largest absolute Gasteiger partial charge is 0.366 e. The van der Waals surface area contributed by atoms with Crippen LogP contribution in [0.3, 0.4) is 0 Å². The molecule has 7 nitrogen and oxygen atoms in total. The zero-order valence-electron chi connectivity index (χ0n) is 9.19. The molecule has 0 fully saturated rings. The van der Waals surface area contributed by atoms with E-state index in [0.29, 0.717) is 17.1 Å². The number of hydrogen-bond acceptors (Lipinski definition) is 5. The summed E-state index contributed by atoms with van der Waals surface area (Å²) in [4.78, 5) is 19.1. The van der Waals surface area contributed by atoms with Gasteiger partial charge in [0.25, 0.3) is 0 Å². The zero-order valence-corrected chi connectivity index (χ0v) is 9.19. The van der Waals surface area contributed by atoms with Crippen LogP contribution in [0.25, 0.3) is 17.2 Å². The number of primary amides is 1. The average molecular weight is 240 g/mol. The Hall–Kier alpha value is -2.83. The summed E-state index contributed by atoms with van der Waals surface area (Å²) < 4.78 is 1.55. The van der Waals surface area contributed by atoms with Gasteiger partial charge in [-0.3, -0.25) is 4.79 Å². The molecule has 0 aromatic heterocycles. The van der Waals surface area contributed by atoms with Crippen LogP contribution in [-0.4, -0.2) is 30.9 Å². The van der Waals surface area contributed by atoms with Crippen LogP contribution in [0.5, 0.6) is 0 Å². The molecule has 88 valence electrons. The van der Waals surface area contributed by atoms with Gasteiger partial charge in [-0.05, 0) is 24.3 Å². The van der Waals surface area contributed by atoms with Gasteiger partial charge in [0.05, 0.1) is 11.9 Å². The number of nitrogens with two attached hydrogens (primary N) is 1. The molecule has 0 unspecified atom stereocenters. The summed E-state index contributed by atoms with van der Waals surface area (Å²) in [6, 6.07) is 6.70. The minimum Gasteiger partial charge on any atom is -0.366 e. The lowest BCUT2D eigenvalue weighted by Crippen LogP contribution is -2.12. The number of amides is 1. The fourth-order valence-electron chi connectivity index (χ4n) is 1.64. The van der Waals surface area contributed by atoms with Crippen LogP contribution in [0.2, 0.25) is 0 Å². The Morgan fingerprint density at radius 3 is 2.67 bits per heavy atom. The summed E-state index contributed by atoms with van der Waals surface area (Å²) in [6.45, 7) is 0. The number of nitrogens with zero attached hydrogens (tertiary/aromatic N) is 5. The highest BCUT2D eigenvalue weighted by Crippen LogP contribution is 2.18. The fraction of sp³-hybridized carbons (Fsp3) is 0. The summed E-state index contributed by atoms with van der Waals surface area (Å²) in [7, 11) is 0. The van der Waals surface area contributed by atoms with Gasteiger partial charge in [-0.1, -0.05) is 5.21 Å². The Balaban J connectivity index is 2.10. The van der Waals surface area contributed by atoms with E-state index in [2.05, 4.69) is 20.3 Å². The number of hydrogen-bond donors (Lipinski definition) is 1. The third-order valence-corrected chi connectivity index (χ3v) is 2.52. The van der Waals surface area contributed by atoms with Gasteiger partial charge in [-0.15, -0.1) is 5.10 Å². The molecule has 3 rings (SSSR count). The van der Waals surface area contributed by atoms with Crippen molar-refractivity contribution in [2.45, 2.75) is 0 Å². The van der Waals surface area contributed by atoms with Crippen LogP contribution in [0, 0.1) is 0 Å². The quantitative estimate of drug-likeness (QED) is 0.692. The minimum absolute atomic E-state index is 0.438. The highest BCUT2D eigenvalue weighted by atomic mass is 16.1. The summed E-state index contributed by atoms with van der Waals surface area (Å²) >= 11 is 0. The maximum absolute atomic E-state index is 11.0. The highest BCUT2D eigenvalue weighted by Gasteiger charge is 2.12. The average Bonchev–Trinajstić information content (AvgIpc) is 2.87. The Morgan fingerprint density at radius 2 is 1.94 bits per heavy atom. The molecule has 2 aliphatic heterocycles. The van der Waals surface area contributed by atoms with Crippen molar-refractivity contribution >= 4 is 5.91 Å². The molecule has 2 heterocycles. The van der Waals surface area contributed by atoms with E-state index in [-0.39, 0.29) is 0 Å². The third kappa shape index (κ3) is 1.58. The Kier molecular flexibility index (Phi) is 2.23. The van der Waals surface area contributed by atoms with Crippen molar-refractivity contribution in [1.29, 1.82) is 0 Å². The molecule has 0 saturated heterocycles. The molecule has 0 saturated carbocycles. The number of carbonyl (C=O) groups is 1. The zero-order chi connectivity index (χ0) is 12.5. The lowest BCUT2D eigenvalue weighted by atomic mass is 10.2. The molecule has 0 radical (unpaired) electrons. The third-order valence-electron chi connectivity index (χ3n) is 2.52. The number of imidazole rings is 1. The van der Waals surface area contributed by atoms with Gasteiger partial charge in [0, 0.05) is 5.56 Å². The molecule has 1 aromatic rings. The predicted octanol–water partition coefficient (Wildman–Crippen LogP) is 0.261. The first-order valence-corrected chi connectivity index (χ1v) is 5.17. The van der Waals surface area contributed by atoms with Gasteiger partial charge < -0.3 is 5.73 Å². The van der Waals surface area contributed by atoms with Crippen LogP contribution in [-0.2, 0) is 0 Å². The maximum Gasteiger partial charge on any atom is 0.248 e. The lowest BCUT2D eigenvalue weighted by molar-refractivity contribution is 0.100. The maximum atomic E-state index is 11.0. The van der Waals surface area contributed by atoms with E-state index in [4.69, 9.17) is 5.73 Å². The Bertz CT molecular complexity index is 674. The molecule has 0 bridgehead atoms. The molecule has 2 N–H and O–H groups in total. The lowest BCUT2D eigenvalue weighted by Gasteiger charge is -2.07. The Labute approximate surface area is 102 Å². The predicted molar refractivity (Wildman–Crippen MR) is 62.1 cm³/mol. The topological polar surface area (TPSA) is 99.6 Å². The molecule has 0 aliphatic carbocycles. The second-order valence-electron chi connectivity index (χ2n) is 3.64. The van der Waals surface area contributed by atoms with Gasteiger partial charge in [-0.25, -0.2) is 9.97 Å². The van der Waals surface area contributed by atoms with E-state index in [1.165, 1.54) is 12.5 Å². The molecule has 2 aliphatic rings. The monoisotopic (exact) mass is 240 g/mol. The normalized spacial score (nSPS) is 10.7. The van der Waals surface area contributed by atoms with Gasteiger partial charge in [0.1, 0.15) is 12.0 Å². The summed E-state index contributed by atoms with van der Waals surface area (Å²) in [5.41, 5.74) is 7.01. The molecule has 1 amide bonds. The number of rotatable bonds is 2. The first-order chi connectivity index (χ1) is 8.75. The van der Waals surface area contributed by atoms with Crippen LogP contribution >= 0.6 is 0 Å². The van der Waals surface area contributed by atoms with Crippen molar-refractivity contribution in [3.8, 4) is 17.2 Å². The van der Waals surface area contributed by atoms with Crippen molar-refractivity contribution in [3.63, 3.8) is 0 Å². The molecule has 7 heteroatoms. The van der Waals surface area contributed by atoms with E-state index in [1.807, 2.05) is 0 Å². The van der Waals surface area contributed by atoms with Crippen molar-refractivity contribution in [2.75, 3.05) is 0 Å². The van der Waals surface area contributed by atoms with Crippen molar-refractivity contribution in [3.05, 3.63) is 42.4 Å². The first kappa shape index (κ1) is 10.3. The molecule has 0 atom stereocenters. The van der Waals surface area contributed by atoms with Crippen LogP contribution in [0.15, 0.2) is 36.8 Å². The number of carbonyl (C=O) groups excluding carboxylic acids is 1. The minimum atomic E-state index is -0.469. The number of benzene rings is 1. The number of aromatic nitrogens is 5. The van der Waals surface area contributed by atoms with Crippen molar-refractivity contribution in [1.82, 2.24) is 25.0 Å². The van der Waals surface area contributed by atoms with Crippen LogP contribution < -0.4 is 5.73 Å². The van der Waals surface area contributed by atoms with E-state index >= 15 is 0 Å². The first-order valence-electron chi connectivity index (χ1n) is 5.17. The van der Waals surface area contributed by atoms with E-state index in [9.17, 15) is 4.79 Å². The van der Waals surface area contributed by atoms with E-state index < -0.39 is 5.91 Å². The second-order valence-corrected chi connectivity index (χ2v) is 3.64. The van der Waals surface area contributed by atoms with Crippen LogP contribution in [0.1, 0.15) is 10.4 Å². The molecule has 0 spiro atoms. The van der Waals surface area contributed by atoms with Gasteiger partial charge in [-0.2, -0.15) is 4.68 Å². The summed E-state index contributed by atoms with van der Waals surface area (Å²) in [6.07, 6.45) is 2.99. The second kappa shape index (κ2) is 3.88. The van der Waals surface area contributed by atoms with Gasteiger partial charge in [0.2, 0.25) is 5.91 Å². The van der Waals surface area contributed by atoms with Gasteiger partial charge in [0.15, 0.2) is 5.82 Å². The van der Waals surface area contributed by atoms with Crippen molar-refractivity contribution in [2.24, 2.45) is 5.73 Å². The van der Waals surface area contributed by atoms with Crippen molar-refractivity contribution < 1.29 is 4.79 Å². The van der Waals surface area contributed by atoms with Crippen LogP contribution in [0.4, 0.5) is 0 Å². The van der Waals surface area contributed by atoms with Gasteiger partial charge >= 0.3 is 0 Å².